The number of anilines is 2. The Morgan fingerprint density at radius 1 is 0.557 bits per heavy atom. The third-order valence-corrected chi connectivity index (χ3v) is 11.3. The van der Waals surface area contributed by atoms with E-state index < -0.39 is 0 Å². The summed E-state index contributed by atoms with van der Waals surface area (Å²) in [5, 5.41) is 2.19. The third-order valence-electron chi connectivity index (χ3n) is 11.3. The Balaban J connectivity index is 0.00000476. The number of benzene rings is 7. The van der Waals surface area contributed by atoms with Crippen LogP contribution in [0.4, 0.5) is 11.4 Å². The van der Waals surface area contributed by atoms with Gasteiger partial charge in [-0.1, -0.05) is 132 Å². The fraction of sp³-hybridized carbons (Fsp3) is 0.148. The van der Waals surface area contributed by atoms with Gasteiger partial charge in [0.15, 0.2) is 0 Å². The number of hydrogen-bond acceptors (Lipinski definition) is 4. The Bertz CT molecular complexity index is 3080. The predicted octanol–water partition coefficient (Wildman–Crippen LogP) is 13.8. The molecule has 6 nitrogen and oxygen atoms in total. The minimum atomic E-state index is -0.145. The van der Waals surface area contributed by atoms with E-state index in [-0.39, 0.29) is 31.9 Å². The third kappa shape index (κ3) is 7.44. The Morgan fingerprint density at radius 2 is 1.25 bits per heavy atom. The van der Waals surface area contributed by atoms with Crippen LogP contribution >= 0.6 is 0 Å². The fourth-order valence-electron chi connectivity index (χ4n) is 8.19. The van der Waals surface area contributed by atoms with Crippen molar-refractivity contribution < 1.29 is 25.8 Å². The molecule has 2 aromatic heterocycles. The number of hydrogen-bond donors (Lipinski definition) is 0. The second-order valence-corrected chi connectivity index (χ2v) is 17.6. The van der Waals surface area contributed by atoms with Crippen LogP contribution in [0.15, 0.2) is 170 Å². The molecule has 0 N–H and O–H groups in total. The molecular weight excluding hydrogens is 930 g/mol. The van der Waals surface area contributed by atoms with Crippen LogP contribution in [0, 0.1) is 24.2 Å². The zero-order valence-electron chi connectivity index (χ0n) is 35.1. The van der Waals surface area contributed by atoms with Crippen molar-refractivity contribution in [3.05, 3.63) is 194 Å². The standard InChI is InChI=1S/C54H46N5O.Pt/c1-53(2,3)39-30-38(37-18-9-7-10-19-37)31-42(32-39)57-36-56(35-51(57)54(4,5)6)41-22-17-23-43(33-41)60-44-28-29-46-45-24-13-15-26-48(45)59(50(46)34-44)52-55-47-25-14-16-27-49(47)58(52)40-20-11-8-12-21-40;/h7-32,35-36H,1-6H3;/q-3;. The minimum absolute atomic E-state index is 0. The first kappa shape index (κ1) is 40.1. The van der Waals surface area contributed by atoms with Gasteiger partial charge in [0, 0.05) is 60.6 Å². The molecule has 0 bridgehead atoms. The van der Waals surface area contributed by atoms with E-state index in [1.54, 1.807) is 0 Å². The monoisotopic (exact) mass is 975 g/mol. The van der Waals surface area contributed by atoms with Crippen LogP contribution < -0.4 is 14.5 Å². The molecule has 9 aromatic rings. The van der Waals surface area contributed by atoms with Crippen LogP contribution in [-0.4, -0.2) is 14.1 Å². The molecule has 1 aliphatic heterocycles. The first-order chi connectivity index (χ1) is 29.0. The number of allylic oxidation sites excluding steroid dienone is 1. The van der Waals surface area contributed by atoms with Crippen molar-refractivity contribution in [3.8, 4) is 34.3 Å². The summed E-state index contributed by atoms with van der Waals surface area (Å²) >= 11 is 0. The summed E-state index contributed by atoms with van der Waals surface area (Å²) in [5.74, 6) is 1.98. The zero-order chi connectivity index (χ0) is 41.2. The number of aromatic nitrogens is 3. The number of nitrogens with zero attached hydrogens (tertiary/aromatic N) is 5. The zero-order valence-corrected chi connectivity index (χ0v) is 37.4. The van der Waals surface area contributed by atoms with E-state index in [9.17, 15) is 0 Å². The van der Waals surface area contributed by atoms with E-state index in [1.807, 2.05) is 30.3 Å². The van der Waals surface area contributed by atoms with Gasteiger partial charge in [-0.3, -0.25) is 4.57 Å². The van der Waals surface area contributed by atoms with Crippen LogP contribution in [0.25, 0.3) is 55.6 Å². The summed E-state index contributed by atoms with van der Waals surface area (Å²) in [5.41, 5.74) is 11.6. The van der Waals surface area contributed by atoms with Gasteiger partial charge in [0.1, 0.15) is 0 Å². The van der Waals surface area contributed by atoms with Crippen molar-refractivity contribution in [1.29, 1.82) is 0 Å². The Morgan fingerprint density at radius 3 is 2.00 bits per heavy atom. The molecule has 0 spiro atoms. The quantitative estimate of drug-likeness (QED) is 0.149. The fourth-order valence-corrected chi connectivity index (χ4v) is 8.19. The molecular formula is C54H46N5OPt-3. The SMILES string of the molecule is CC(C)(C)C1=CN(c2[c-]c(Oc3[c-]c4c(cc3)c3ccccc3n4-c3nc4ccccc4n3-c3ccccc3)ccc2)[CH-]N1c1cc(-c2ccccc2)cc(C(C)(C)C)c1.[Pt]. The van der Waals surface area contributed by atoms with Crippen LogP contribution in [-0.2, 0) is 26.5 Å². The largest absolute Gasteiger partial charge is 0.509 e. The van der Waals surface area contributed by atoms with Crippen molar-refractivity contribution in [2.45, 2.75) is 47.0 Å². The molecule has 0 radical (unpaired) electrons. The van der Waals surface area contributed by atoms with Crippen molar-refractivity contribution in [3.63, 3.8) is 0 Å². The predicted molar refractivity (Wildman–Crippen MR) is 247 cm³/mol. The summed E-state index contributed by atoms with van der Waals surface area (Å²) in [7, 11) is 0. The maximum absolute atomic E-state index is 6.64. The average molecular weight is 976 g/mol. The molecule has 0 unspecified atom stereocenters. The van der Waals surface area contributed by atoms with Crippen LogP contribution in [0.3, 0.4) is 0 Å². The molecule has 0 saturated carbocycles. The van der Waals surface area contributed by atoms with E-state index >= 15 is 0 Å². The maximum atomic E-state index is 6.64. The number of imidazole rings is 1. The normalized spacial score (nSPS) is 13.2. The number of rotatable bonds is 7. The van der Waals surface area contributed by atoms with Crippen molar-refractivity contribution >= 4 is 44.2 Å². The van der Waals surface area contributed by atoms with Crippen LogP contribution in [0.1, 0.15) is 47.1 Å². The van der Waals surface area contributed by atoms with Gasteiger partial charge in [-0.05, 0) is 76.2 Å². The molecule has 0 aliphatic carbocycles. The molecule has 7 heteroatoms. The van der Waals surface area contributed by atoms with E-state index in [0.29, 0.717) is 11.5 Å². The molecule has 0 atom stereocenters. The number of fused-ring (bicyclic) bond motifs is 4. The van der Waals surface area contributed by atoms with E-state index in [4.69, 9.17) is 9.72 Å². The molecule has 3 heterocycles. The molecule has 61 heavy (non-hydrogen) atoms. The second-order valence-electron chi connectivity index (χ2n) is 17.6. The van der Waals surface area contributed by atoms with Gasteiger partial charge in [0.25, 0.3) is 0 Å². The summed E-state index contributed by atoms with van der Waals surface area (Å²) < 4.78 is 11.1. The molecule has 10 rings (SSSR count). The van der Waals surface area contributed by atoms with Crippen LogP contribution in [0.5, 0.6) is 11.5 Å². The summed E-state index contributed by atoms with van der Waals surface area (Å²) in [6.07, 6.45) is 2.22. The van der Waals surface area contributed by atoms with E-state index in [0.717, 1.165) is 55.8 Å². The van der Waals surface area contributed by atoms with Gasteiger partial charge in [-0.15, -0.1) is 48.1 Å². The van der Waals surface area contributed by atoms with E-state index in [1.165, 1.54) is 22.4 Å². The molecule has 0 saturated heterocycles. The molecule has 1 aliphatic rings. The Labute approximate surface area is 372 Å². The van der Waals surface area contributed by atoms with Crippen molar-refractivity contribution in [2.24, 2.45) is 5.41 Å². The first-order valence-electron chi connectivity index (χ1n) is 20.5. The molecule has 306 valence electrons. The molecule has 7 aromatic carbocycles. The van der Waals surface area contributed by atoms with E-state index in [2.05, 4.69) is 213 Å². The molecule has 0 fully saturated rings. The van der Waals surface area contributed by atoms with Crippen LogP contribution in [0.2, 0.25) is 0 Å². The van der Waals surface area contributed by atoms with Crippen molar-refractivity contribution in [2.75, 3.05) is 9.80 Å². The Kier molecular flexibility index (Phi) is 10.2. The summed E-state index contributed by atoms with van der Waals surface area (Å²) in [6, 6.07) is 62.1. The topological polar surface area (TPSA) is 38.5 Å². The Hall–Kier alpha value is -6.36. The number of ether oxygens (including phenoxy) is 1. The minimum Gasteiger partial charge on any atom is -0.509 e. The van der Waals surface area contributed by atoms with Gasteiger partial charge in [0.05, 0.1) is 11.0 Å². The van der Waals surface area contributed by atoms with Gasteiger partial charge in [-0.25, -0.2) is 4.98 Å². The summed E-state index contributed by atoms with van der Waals surface area (Å²) in [4.78, 5) is 9.71. The van der Waals surface area contributed by atoms with Gasteiger partial charge in [0.2, 0.25) is 5.95 Å². The maximum Gasteiger partial charge on any atom is 0.218 e. The average Bonchev–Trinajstić information content (AvgIpc) is 3.97. The summed E-state index contributed by atoms with van der Waals surface area (Å²) in [6.45, 7) is 15.8. The van der Waals surface area contributed by atoms with Crippen molar-refractivity contribution in [1.82, 2.24) is 14.1 Å². The van der Waals surface area contributed by atoms with Gasteiger partial charge < -0.3 is 19.1 Å². The van der Waals surface area contributed by atoms with Gasteiger partial charge in [-0.2, -0.15) is 12.1 Å². The van der Waals surface area contributed by atoms with Gasteiger partial charge >= 0.3 is 0 Å². The number of para-hydroxylation sites is 4. The smallest absolute Gasteiger partial charge is 0.218 e. The first-order valence-corrected chi connectivity index (χ1v) is 20.5. The molecule has 0 amide bonds. The second kappa shape index (κ2) is 15.6.